The summed E-state index contributed by atoms with van der Waals surface area (Å²) in [6, 6.07) is 27.1. The van der Waals surface area contributed by atoms with Crippen LogP contribution in [0.25, 0.3) is 0 Å². The third-order valence-electron chi connectivity index (χ3n) is 5.51. The first-order valence-electron chi connectivity index (χ1n) is 10.3. The third kappa shape index (κ3) is 5.17. The molecule has 158 valence electrons. The molecule has 0 amide bonds. The van der Waals surface area contributed by atoms with Crippen LogP contribution in [0, 0.1) is 0 Å². The second kappa shape index (κ2) is 10.0. The standard InChI is InChI=1S/C25H30N2O2S/c1-4-20-12-11-13-21(18-20)19-30(28,29)27(3)25(23-16-9-6-10-17-23)24(26-2)22-14-7-5-8-15-22/h5-18,24-26H,4,19H2,1-3H3. The lowest BCUT2D eigenvalue weighted by atomic mass is 9.93. The molecule has 30 heavy (non-hydrogen) atoms. The van der Waals surface area contributed by atoms with Gasteiger partial charge < -0.3 is 5.32 Å². The molecule has 1 N–H and O–H groups in total. The Labute approximate surface area is 180 Å². The number of likely N-dealkylation sites (N-methyl/N-ethyl adjacent to an activating group) is 2. The second-order valence-electron chi connectivity index (χ2n) is 7.48. The molecule has 0 aliphatic rings. The molecule has 0 bridgehead atoms. The third-order valence-corrected chi connectivity index (χ3v) is 7.31. The maximum Gasteiger partial charge on any atom is 0.218 e. The van der Waals surface area contributed by atoms with Crippen LogP contribution in [0.5, 0.6) is 0 Å². The molecular weight excluding hydrogens is 392 g/mol. The molecule has 0 heterocycles. The monoisotopic (exact) mass is 422 g/mol. The number of hydrogen-bond acceptors (Lipinski definition) is 3. The van der Waals surface area contributed by atoms with Crippen molar-refractivity contribution in [3.63, 3.8) is 0 Å². The number of hydrogen-bond donors (Lipinski definition) is 1. The SMILES string of the molecule is CCc1cccc(CS(=O)(=O)N(C)C(c2ccccc2)C(NC)c2ccccc2)c1. The van der Waals surface area contributed by atoms with Gasteiger partial charge in [-0.05, 0) is 35.7 Å². The number of rotatable bonds is 9. The Morgan fingerprint density at radius 3 is 1.97 bits per heavy atom. The van der Waals surface area contributed by atoms with E-state index in [-0.39, 0.29) is 17.8 Å². The molecule has 0 saturated heterocycles. The van der Waals surface area contributed by atoms with E-state index in [1.807, 2.05) is 92.0 Å². The molecule has 0 spiro atoms. The van der Waals surface area contributed by atoms with Gasteiger partial charge in [0, 0.05) is 7.05 Å². The Hall–Kier alpha value is -2.47. The van der Waals surface area contributed by atoms with E-state index in [2.05, 4.69) is 12.2 Å². The Morgan fingerprint density at radius 2 is 1.40 bits per heavy atom. The van der Waals surface area contributed by atoms with Crippen LogP contribution in [0.4, 0.5) is 0 Å². The summed E-state index contributed by atoms with van der Waals surface area (Å²) in [4.78, 5) is 0. The first-order chi connectivity index (χ1) is 14.5. The molecule has 0 fully saturated rings. The van der Waals surface area contributed by atoms with Crippen LogP contribution in [0.3, 0.4) is 0 Å². The van der Waals surface area contributed by atoms with Gasteiger partial charge in [0.2, 0.25) is 10.0 Å². The number of nitrogens with one attached hydrogen (secondary N) is 1. The van der Waals surface area contributed by atoms with Crippen molar-refractivity contribution in [1.29, 1.82) is 0 Å². The van der Waals surface area contributed by atoms with Gasteiger partial charge in [0.15, 0.2) is 0 Å². The van der Waals surface area contributed by atoms with Crippen LogP contribution < -0.4 is 5.32 Å². The van der Waals surface area contributed by atoms with E-state index in [0.717, 1.165) is 28.7 Å². The summed E-state index contributed by atoms with van der Waals surface area (Å²) < 4.78 is 28.5. The Morgan fingerprint density at radius 1 is 0.833 bits per heavy atom. The van der Waals surface area contributed by atoms with Crippen molar-refractivity contribution in [2.75, 3.05) is 14.1 Å². The van der Waals surface area contributed by atoms with Gasteiger partial charge in [-0.1, -0.05) is 91.9 Å². The van der Waals surface area contributed by atoms with E-state index in [1.165, 1.54) is 4.31 Å². The fourth-order valence-corrected chi connectivity index (χ4v) is 5.25. The highest BCUT2D eigenvalue weighted by Crippen LogP contribution is 2.35. The summed E-state index contributed by atoms with van der Waals surface area (Å²) in [5.41, 5.74) is 3.95. The van der Waals surface area contributed by atoms with Gasteiger partial charge >= 0.3 is 0 Å². The first kappa shape index (κ1) is 22.2. The molecule has 0 saturated carbocycles. The van der Waals surface area contributed by atoms with Gasteiger partial charge in [0.05, 0.1) is 17.8 Å². The van der Waals surface area contributed by atoms with Crippen molar-refractivity contribution in [3.05, 3.63) is 107 Å². The van der Waals surface area contributed by atoms with Crippen LogP contribution >= 0.6 is 0 Å². The van der Waals surface area contributed by atoms with Crippen molar-refractivity contribution in [1.82, 2.24) is 9.62 Å². The van der Waals surface area contributed by atoms with E-state index in [9.17, 15) is 8.42 Å². The summed E-state index contributed by atoms with van der Waals surface area (Å²) in [6.45, 7) is 2.07. The highest BCUT2D eigenvalue weighted by atomic mass is 32.2. The topological polar surface area (TPSA) is 49.4 Å². The number of sulfonamides is 1. The molecule has 3 aromatic carbocycles. The van der Waals surface area contributed by atoms with Crippen LogP contribution in [-0.2, 0) is 22.2 Å². The maximum atomic E-state index is 13.5. The minimum atomic E-state index is -3.56. The molecule has 3 rings (SSSR count). The van der Waals surface area contributed by atoms with Crippen molar-refractivity contribution >= 4 is 10.0 Å². The zero-order valence-corrected chi connectivity index (χ0v) is 18.6. The smallest absolute Gasteiger partial charge is 0.218 e. The fraction of sp³-hybridized carbons (Fsp3) is 0.280. The highest BCUT2D eigenvalue weighted by molar-refractivity contribution is 7.88. The predicted octanol–water partition coefficient (Wildman–Crippen LogP) is 4.71. The summed E-state index contributed by atoms with van der Waals surface area (Å²) in [7, 11) is 0.00282. The van der Waals surface area contributed by atoms with Crippen LogP contribution in [0.1, 0.15) is 41.3 Å². The predicted molar refractivity (Wildman–Crippen MR) is 124 cm³/mol. The Bertz CT molecular complexity index is 1040. The lowest BCUT2D eigenvalue weighted by molar-refractivity contribution is 0.301. The molecule has 2 unspecified atom stereocenters. The van der Waals surface area contributed by atoms with E-state index < -0.39 is 10.0 Å². The summed E-state index contributed by atoms with van der Waals surface area (Å²) in [6.07, 6.45) is 0.881. The summed E-state index contributed by atoms with van der Waals surface area (Å²) >= 11 is 0. The van der Waals surface area contributed by atoms with E-state index in [1.54, 1.807) is 7.05 Å². The maximum absolute atomic E-state index is 13.5. The molecule has 0 radical (unpaired) electrons. The quantitative estimate of drug-likeness (QED) is 0.543. The number of benzene rings is 3. The van der Waals surface area contributed by atoms with Crippen LogP contribution in [0.2, 0.25) is 0 Å². The van der Waals surface area contributed by atoms with E-state index in [4.69, 9.17) is 0 Å². The minimum Gasteiger partial charge on any atom is -0.311 e. The van der Waals surface area contributed by atoms with Gasteiger partial charge in [-0.25, -0.2) is 8.42 Å². The molecule has 3 aromatic rings. The second-order valence-corrected chi connectivity index (χ2v) is 9.51. The Balaban J connectivity index is 1.99. The highest BCUT2D eigenvalue weighted by Gasteiger charge is 2.34. The zero-order chi connectivity index (χ0) is 21.6. The van der Waals surface area contributed by atoms with Gasteiger partial charge in [-0.15, -0.1) is 0 Å². The average molecular weight is 423 g/mol. The van der Waals surface area contributed by atoms with Crippen molar-refractivity contribution in [3.8, 4) is 0 Å². The molecule has 0 aromatic heterocycles. The molecule has 0 aliphatic heterocycles. The van der Waals surface area contributed by atoms with E-state index in [0.29, 0.717) is 0 Å². The van der Waals surface area contributed by atoms with Crippen molar-refractivity contribution in [2.45, 2.75) is 31.2 Å². The molecular formula is C25H30N2O2S. The van der Waals surface area contributed by atoms with E-state index >= 15 is 0 Å². The number of aryl methyl sites for hydroxylation is 1. The lowest BCUT2D eigenvalue weighted by Gasteiger charge is -2.34. The molecule has 5 heteroatoms. The molecule has 4 nitrogen and oxygen atoms in total. The minimum absolute atomic E-state index is 0.0219. The Kier molecular flexibility index (Phi) is 7.43. The van der Waals surface area contributed by atoms with Crippen molar-refractivity contribution in [2.24, 2.45) is 0 Å². The zero-order valence-electron chi connectivity index (χ0n) is 17.8. The summed E-state index contributed by atoms with van der Waals surface area (Å²) in [5, 5.41) is 3.35. The number of nitrogens with zero attached hydrogens (tertiary/aromatic N) is 1. The van der Waals surface area contributed by atoms with Gasteiger partial charge in [-0.2, -0.15) is 4.31 Å². The largest absolute Gasteiger partial charge is 0.311 e. The van der Waals surface area contributed by atoms with Gasteiger partial charge in [0.25, 0.3) is 0 Å². The van der Waals surface area contributed by atoms with Gasteiger partial charge in [0.1, 0.15) is 0 Å². The molecule has 2 atom stereocenters. The normalized spacial score (nSPS) is 13.9. The van der Waals surface area contributed by atoms with Crippen LogP contribution in [-0.4, -0.2) is 26.8 Å². The van der Waals surface area contributed by atoms with Gasteiger partial charge in [-0.3, -0.25) is 0 Å². The van der Waals surface area contributed by atoms with Crippen molar-refractivity contribution < 1.29 is 8.42 Å². The lowest BCUT2D eigenvalue weighted by Crippen LogP contribution is -2.39. The first-order valence-corrected chi connectivity index (χ1v) is 11.9. The summed E-state index contributed by atoms with van der Waals surface area (Å²) in [5.74, 6) is -0.0219. The van der Waals surface area contributed by atoms with Crippen LogP contribution in [0.15, 0.2) is 84.9 Å². The molecule has 0 aliphatic carbocycles. The fourth-order valence-electron chi connectivity index (χ4n) is 3.85. The average Bonchev–Trinajstić information content (AvgIpc) is 2.78.